The van der Waals surface area contributed by atoms with Crippen LogP contribution in [0.1, 0.15) is 110 Å². The summed E-state index contributed by atoms with van der Waals surface area (Å²) in [5.41, 5.74) is 0. The predicted molar refractivity (Wildman–Crippen MR) is 120 cm³/mol. The van der Waals surface area contributed by atoms with Gasteiger partial charge < -0.3 is 29.9 Å². The minimum Gasteiger partial charge on any atom is -0.479 e. The largest absolute Gasteiger partial charge is 0.479 e. The van der Waals surface area contributed by atoms with Crippen LogP contribution in [0.2, 0.25) is 0 Å². The first-order valence-electron chi connectivity index (χ1n) is 12.5. The molecule has 1 aliphatic rings. The van der Waals surface area contributed by atoms with Gasteiger partial charge in [-0.1, -0.05) is 96.8 Å². The molecule has 188 valence electrons. The van der Waals surface area contributed by atoms with Crippen LogP contribution in [0.4, 0.5) is 0 Å². The molecule has 5 atom stereocenters. The highest BCUT2D eigenvalue weighted by Gasteiger charge is 2.48. The number of rotatable bonds is 18. The number of ether oxygens (including phenoxy) is 2. The van der Waals surface area contributed by atoms with E-state index >= 15 is 0 Å². The molecule has 0 unspecified atom stereocenters. The summed E-state index contributed by atoms with van der Waals surface area (Å²) >= 11 is 0. The van der Waals surface area contributed by atoms with E-state index in [0.717, 1.165) is 19.3 Å². The van der Waals surface area contributed by atoms with Gasteiger partial charge in [0, 0.05) is 6.42 Å². The fourth-order valence-corrected chi connectivity index (χ4v) is 3.98. The van der Waals surface area contributed by atoms with E-state index in [-0.39, 0.29) is 6.42 Å². The summed E-state index contributed by atoms with van der Waals surface area (Å²) in [5, 5.41) is 38.2. The summed E-state index contributed by atoms with van der Waals surface area (Å²) in [5.74, 6) is -2.14. The fraction of sp³-hybridized carbons (Fsp3) is 0.917. The van der Waals surface area contributed by atoms with Crippen LogP contribution >= 0.6 is 0 Å². The average Bonchev–Trinajstić information content (AvgIpc) is 2.76. The van der Waals surface area contributed by atoms with Gasteiger partial charge in [0.15, 0.2) is 6.10 Å². The van der Waals surface area contributed by atoms with Crippen LogP contribution in [0.3, 0.4) is 0 Å². The lowest BCUT2D eigenvalue weighted by atomic mass is 9.99. The molecular weight excluding hydrogens is 416 g/mol. The normalized spacial score (nSPS) is 25.6. The SMILES string of the molecule is CCCCCCCCCCCCCCCCCC(=O)O[C@@H]1O[C@H](C(=O)O)[C@@H](O)[C@H](O)[C@H]1O. The molecule has 1 fully saturated rings. The van der Waals surface area contributed by atoms with Crippen molar-refractivity contribution in [2.75, 3.05) is 0 Å². The third kappa shape index (κ3) is 11.6. The van der Waals surface area contributed by atoms with Crippen LogP contribution in [-0.4, -0.2) is 63.1 Å². The number of unbranched alkanes of at least 4 members (excludes halogenated alkanes) is 14. The van der Waals surface area contributed by atoms with Gasteiger partial charge in [0.25, 0.3) is 0 Å². The Labute approximate surface area is 192 Å². The number of aliphatic hydroxyl groups is 3. The van der Waals surface area contributed by atoms with Crippen LogP contribution in [0.5, 0.6) is 0 Å². The molecule has 0 amide bonds. The highest BCUT2D eigenvalue weighted by molar-refractivity contribution is 5.73. The maximum Gasteiger partial charge on any atom is 0.335 e. The molecule has 0 radical (unpaired) electrons. The van der Waals surface area contributed by atoms with Gasteiger partial charge >= 0.3 is 11.9 Å². The van der Waals surface area contributed by atoms with Crippen LogP contribution in [0.25, 0.3) is 0 Å². The van der Waals surface area contributed by atoms with E-state index < -0.39 is 42.6 Å². The first kappa shape index (κ1) is 28.8. The van der Waals surface area contributed by atoms with Gasteiger partial charge in [-0.25, -0.2) is 4.79 Å². The lowest BCUT2D eigenvalue weighted by Crippen LogP contribution is -2.60. The number of carbonyl (C=O) groups excluding carboxylic acids is 1. The van der Waals surface area contributed by atoms with Crippen molar-refractivity contribution in [3.05, 3.63) is 0 Å². The van der Waals surface area contributed by atoms with Gasteiger partial charge in [-0.15, -0.1) is 0 Å². The maximum atomic E-state index is 12.0. The van der Waals surface area contributed by atoms with E-state index in [2.05, 4.69) is 6.92 Å². The predicted octanol–water partition coefficient (Wildman–Crippen LogP) is 3.68. The van der Waals surface area contributed by atoms with Crippen molar-refractivity contribution in [1.82, 2.24) is 0 Å². The van der Waals surface area contributed by atoms with Crippen molar-refractivity contribution in [1.29, 1.82) is 0 Å². The van der Waals surface area contributed by atoms with Crippen LogP contribution in [0.15, 0.2) is 0 Å². The molecule has 0 aromatic rings. The zero-order valence-electron chi connectivity index (χ0n) is 19.6. The maximum absolute atomic E-state index is 12.0. The number of hydrogen-bond donors (Lipinski definition) is 4. The van der Waals surface area contributed by atoms with Gasteiger partial charge in [-0.05, 0) is 6.42 Å². The Bertz CT molecular complexity index is 512. The van der Waals surface area contributed by atoms with Crippen LogP contribution in [-0.2, 0) is 19.1 Å². The summed E-state index contributed by atoms with van der Waals surface area (Å²) in [6, 6.07) is 0. The number of aliphatic carboxylic acids is 1. The van der Waals surface area contributed by atoms with E-state index in [0.29, 0.717) is 6.42 Å². The number of hydrogen-bond acceptors (Lipinski definition) is 7. The van der Waals surface area contributed by atoms with E-state index in [9.17, 15) is 24.9 Å². The molecule has 1 rings (SSSR count). The molecule has 32 heavy (non-hydrogen) atoms. The van der Waals surface area contributed by atoms with E-state index in [4.69, 9.17) is 14.6 Å². The second-order valence-electron chi connectivity index (χ2n) is 8.92. The topological polar surface area (TPSA) is 134 Å². The number of aliphatic hydroxyl groups excluding tert-OH is 3. The van der Waals surface area contributed by atoms with Crippen LogP contribution < -0.4 is 0 Å². The Morgan fingerprint density at radius 2 is 1.12 bits per heavy atom. The third-order valence-corrected chi connectivity index (χ3v) is 6.05. The Kier molecular flexibility index (Phi) is 15.6. The molecule has 0 bridgehead atoms. The van der Waals surface area contributed by atoms with Crippen LogP contribution in [0, 0.1) is 0 Å². The molecule has 1 heterocycles. The first-order valence-corrected chi connectivity index (χ1v) is 12.5. The summed E-state index contributed by atoms with van der Waals surface area (Å²) in [6.07, 6.45) is 9.76. The smallest absolute Gasteiger partial charge is 0.335 e. The molecule has 8 nitrogen and oxygen atoms in total. The Balaban J connectivity index is 2.00. The Morgan fingerprint density at radius 1 is 0.688 bits per heavy atom. The molecule has 1 saturated heterocycles. The number of carboxylic acids is 1. The van der Waals surface area contributed by atoms with Crippen molar-refractivity contribution in [3.8, 4) is 0 Å². The van der Waals surface area contributed by atoms with Crippen molar-refractivity contribution in [2.24, 2.45) is 0 Å². The van der Waals surface area contributed by atoms with Crippen molar-refractivity contribution in [2.45, 2.75) is 140 Å². The highest BCUT2D eigenvalue weighted by Crippen LogP contribution is 2.23. The van der Waals surface area contributed by atoms with Gasteiger partial charge in [0.05, 0.1) is 0 Å². The van der Waals surface area contributed by atoms with E-state index in [1.165, 1.54) is 70.6 Å². The Morgan fingerprint density at radius 3 is 1.56 bits per heavy atom. The number of carbonyl (C=O) groups is 2. The molecule has 4 N–H and O–H groups in total. The average molecular weight is 461 g/mol. The molecule has 0 aromatic carbocycles. The van der Waals surface area contributed by atoms with E-state index in [1.54, 1.807) is 0 Å². The van der Waals surface area contributed by atoms with Crippen molar-refractivity contribution in [3.63, 3.8) is 0 Å². The third-order valence-electron chi connectivity index (χ3n) is 6.05. The monoisotopic (exact) mass is 460 g/mol. The van der Waals surface area contributed by atoms with Gasteiger partial charge in [0.1, 0.15) is 18.3 Å². The molecule has 8 heteroatoms. The number of esters is 1. The summed E-state index contributed by atoms with van der Waals surface area (Å²) < 4.78 is 9.92. The zero-order chi connectivity index (χ0) is 23.8. The van der Waals surface area contributed by atoms with Gasteiger partial charge in [0.2, 0.25) is 6.29 Å². The number of carboxylic acid groups (broad SMARTS) is 1. The molecule has 0 aliphatic carbocycles. The fourth-order valence-electron chi connectivity index (χ4n) is 3.98. The molecule has 0 spiro atoms. The summed E-state index contributed by atoms with van der Waals surface area (Å²) in [6.45, 7) is 2.24. The molecule has 0 saturated carbocycles. The summed E-state index contributed by atoms with van der Waals surface area (Å²) in [7, 11) is 0. The second-order valence-corrected chi connectivity index (χ2v) is 8.92. The molecule has 1 aliphatic heterocycles. The van der Waals surface area contributed by atoms with Gasteiger partial charge in [-0.2, -0.15) is 0 Å². The lowest BCUT2D eigenvalue weighted by Gasteiger charge is -2.37. The van der Waals surface area contributed by atoms with E-state index in [1.807, 2.05) is 0 Å². The van der Waals surface area contributed by atoms with Gasteiger partial charge in [-0.3, -0.25) is 4.79 Å². The minimum absolute atomic E-state index is 0.126. The lowest BCUT2D eigenvalue weighted by molar-refractivity contribution is -0.286. The minimum atomic E-state index is -1.80. The standard InChI is InChI=1S/C24H44O8/c1-2-3-4-5-6-7-8-9-10-11-12-13-14-15-16-17-18(25)31-24-21(28)19(26)20(27)22(32-24)23(29)30/h19-22,24,26-28H,2-17H2,1H3,(H,29,30)/t19-,20-,21+,22-,24+/m0/s1. The quantitative estimate of drug-likeness (QED) is 0.180. The second kappa shape index (κ2) is 17.3. The molecular formula is C24H44O8. The molecule has 0 aromatic heterocycles. The van der Waals surface area contributed by atoms with Crippen molar-refractivity contribution >= 4 is 11.9 Å². The highest BCUT2D eigenvalue weighted by atomic mass is 16.7. The van der Waals surface area contributed by atoms with Crippen molar-refractivity contribution < 1.29 is 39.5 Å². The summed E-state index contributed by atoms with van der Waals surface area (Å²) in [4.78, 5) is 23.0. The Hall–Kier alpha value is -1.22. The first-order chi connectivity index (χ1) is 15.4. The zero-order valence-corrected chi connectivity index (χ0v) is 19.6.